The van der Waals surface area contributed by atoms with Crippen molar-refractivity contribution in [3.05, 3.63) is 11.6 Å². The van der Waals surface area contributed by atoms with Crippen molar-refractivity contribution >= 4 is 0 Å². The molecule has 0 fully saturated rings. The van der Waals surface area contributed by atoms with E-state index in [1.54, 1.807) is 6.92 Å². The average molecular weight is 143 g/mol. The molecule has 0 heterocycles. The first-order valence-corrected chi connectivity index (χ1v) is 3.65. The van der Waals surface area contributed by atoms with Crippen molar-refractivity contribution < 1.29 is 5.11 Å². The van der Waals surface area contributed by atoms with E-state index >= 15 is 0 Å². The molecule has 0 aliphatic rings. The van der Waals surface area contributed by atoms with E-state index in [0.29, 0.717) is 6.54 Å². The van der Waals surface area contributed by atoms with Gasteiger partial charge < -0.3 is 10.4 Å². The second-order valence-electron chi connectivity index (χ2n) is 2.79. The van der Waals surface area contributed by atoms with Gasteiger partial charge in [0.15, 0.2) is 0 Å². The van der Waals surface area contributed by atoms with E-state index in [0.717, 1.165) is 6.54 Å². The van der Waals surface area contributed by atoms with Gasteiger partial charge in [-0.3, -0.25) is 0 Å². The Morgan fingerprint density at radius 3 is 2.60 bits per heavy atom. The van der Waals surface area contributed by atoms with E-state index in [9.17, 15) is 0 Å². The van der Waals surface area contributed by atoms with Gasteiger partial charge in [-0.05, 0) is 20.8 Å². The van der Waals surface area contributed by atoms with Gasteiger partial charge in [0.25, 0.3) is 0 Å². The van der Waals surface area contributed by atoms with Crippen molar-refractivity contribution in [3.63, 3.8) is 0 Å². The Bertz CT molecular complexity index is 104. The van der Waals surface area contributed by atoms with Crippen LogP contribution in [-0.2, 0) is 0 Å². The summed E-state index contributed by atoms with van der Waals surface area (Å²) in [7, 11) is 0. The summed E-state index contributed by atoms with van der Waals surface area (Å²) in [6.45, 7) is 7.42. The molecule has 0 saturated heterocycles. The normalized spacial score (nSPS) is 12.8. The fourth-order valence-electron chi connectivity index (χ4n) is 0.569. The highest BCUT2D eigenvalue weighted by Crippen LogP contribution is 1.85. The van der Waals surface area contributed by atoms with Crippen LogP contribution in [0.3, 0.4) is 0 Å². The largest absolute Gasteiger partial charge is 0.392 e. The van der Waals surface area contributed by atoms with Crippen LogP contribution in [-0.4, -0.2) is 24.3 Å². The maximum Gasteiger partial charge on any atom is 0.0636 e. The lowest BCUT2D eigenvalue weighted by molar-refractivity contribution is 0.193. The average Bonchev–Trinajstić information content (AvgIpc) is 1.79. The van der Waals surface area contributed by atoms with Crippen LogP contribution in [0.25, 0.3) is 0 Å². The molecular weight excluding hydrogens is 126 g/mol. The number of hydrogen-bond acceptors (Lipinski definition) is 2. The maximum atomic E-state index is 8.83. The highest BCUT2D eigenvalue weighted by molar-refractivity contribution is 4.94. The van der Waals surface area contributed by atoms with Gasteiger partial charge in [-0.1, -0.05) is 11.6 Å². The molecule has 2 N–H and O–H groups in total. The minimum absolute atomic E-state index is 0.245. The summed E-state index contributed by atoms with van der Waals surface area (Å²) < 4.78 is 0. The topological polar surface area (TPSA) is 32.3 Å². The predicted octanol–water partition coefficient (Wildman–Crippen LogP) is 0.923. The Labute approximate surface area is 62.9 Å². The third-order valence-electron chi connectivity index (χ3n) is 1.09. The minimum Gasteiger partial charge on any atom is -0.392 e. The van der Waals surface area contributed by atoms with Crippen LogP contribution in [0.15, 0.2) is 11.6 Å². The molecule has 0 saturated carbocycles. The molecule has 0 radical (unpaired) electrons. The first-order valence-electron chi connectivity index (χ1n) is 3.65. The summed E-state index contributed by atoms with van der Waals surface area (Å²) in [6, 6.07) is 0. The Hall–Kier alpha value is -0.340. The standard InChI is InChI=1S/C8H17NO/c1-7(2)4-5-9-6-8(3)10/h4,8-10H,5-6H2,1-3H3. The molecule has 0 aliphatic carbocycles. The molecule has 60 valence electrons. The molecule has 0 spiro atoms. The quantitative estimate of drug-likeness (QED) is 0.453. The van der Waals surface area contributed by atoms with Gasteiger partial charge in [0, 0.05) is 13.1 Å². The van der Waals surface area contributed by atoms with E-state index < -0.39 is 0 Å². The Balaban J connectivity index is 3.13. The van der Waals surface area contributed by atoms with Crippen molar-refractivity contribution in [1.82, 2.24) is 5.32 Å². The number of allylic oxidation sites excluding steroid dienone is 1. The minimum atomic E-state index is -0.245. The summed E-state index contributed by atoms with van der Waals surface area (Å²) in [5, 5.41) is 11.9. The van der Waals surface area contributed by atoms with Gasteiger partial charge in [0.05, 0.1) is 6.10 Å². The van der Waals surface area contributed by atoms with Crippen LogP contribution in [0.4, 0.5) is 0 Å². The van der Waals surface area contributed by atoms with Crippen LogP contribution < -0.4 is 5.32 Å². The van der Waals surface area contributed by atoms with Gasteiger partial charge in [0.2, 0.25) is 0 Å². The zero-order chi connectivity index (χ0) is 7.98. The molecule has 0 amide bonds. The van der Waals surface area contributed by atoms with Gasteiger partial charge in [-0.2, -0.15) is 0 Å². The Kier molecular flexibility index (Phi) is 5.26. The summed E-state index contributed by atoms with van der Waals surface area (Å²) >= 11 is 0. The van der Waals surface area contributed by atoms with Crippen LogP contribution in [0.2, 0.25) is 0 Å². The monoisotopic (exact) mass is 143 g/mol. The lowest BCUT2D eigenvalue weighted by atomic mass is 10.3. The van der Waals surface area contributed by atoms with Crippen molar-refractivity contribution in [3.8, 4) is 0 Å². The Morgan fingerprint density at radius 2 is 2.20 bits per heavy atom. The van der Waals surface area contributed by atoms with E-state index in [-0.39, 0.29) is 6.10 Å². The van der Waals surface area contributed by atoms with Crippen LogP contribution in [0.5, 0.6) is 0 Å². The molecule has 0 aromatic heterocycles. The molecule has 2 heteroatoms. The van der Waals surface area contributed by atoms with E-state index in [2.05, 4.69) is 25.2 Å². The SMILES string of the molecule is CC(C)=CCNCC(C)O. The number of aliphatic hydroxyl groups excluding tert-OH is 1. The molecule has 1 atom stereocenters. The molecule has 1 unspecified atom stereocenters. The van der Waals surface area contributed by atoms with Crippen molar-refractivity contribution in [2.75, 3.05) is 13.1 Å². The van der Waals surface area contributed by atoms with Crippen LogP contribution in [0.1, 0.15) is 20.8 Å². The van der Waals surface area contributed by atoms with Gasteiger partial charge in [-0.25, -0.2) is 0 Å². The summed E-state index contributed by atoms with van der Waals surface area (Å²) in [5.41, 5.74) is 1.30. The second-order valence-corrected chi connectivity index (χ2v) is 2.79. The van der Waals surface area contributed by atoms with Crippen molar-refractivity contribution in [2.24, 2.45) is 0 Å². The fourth-order valence-corrected chi connectivity index (χ4v) is 0.569. The second kappa shape index (κ2) is 5.45. The number of rotatable bonds is 4. The zero-order valence-electron chi connectivity index (χ0n) is 7.02. The van der Waals surface area contributed by atoms with Gasteiger partial charge in [0.1, 0.15) is 0 Å². The maximum absolute atomic E-state index is 8.83. The summed E-state index contributed by atoms with van der Waals surface area (Å²) in [6.07, 6.45) is 1.85. The number of hydrogen-bond donors (Lipinski definition) is 2. The molecule has 10 heavy (non-hydrogen) atoms. The highest BCUT2D eigenvalue weighted by Gasteiger charge is 1.90. The van der Waals surface area contributed by atoms with Crippen molar-refractivity contribution in [1.29, 1.82) is 0 Å². The lowest BCUT2D eigenvalue weighted by Crippen LogP contribution is -2.24. The molecule has 0 aromatic rings. The smallest absolute Gasteiger partial charge is 0.0636 e. The third-order valence-corrected chi connectivity index (χ3v) is 1.09. The van der Waals surface area contributed by atoms with Crippen LogP contribution >= 0.6 is 0 Å². The molecule has 2 nitrogen and oxygen atoms in total. The molecule has 0 aromatic carbocycles. The van der Waals surface area contributed by atoms with Crippen LogP contribution in [0, 0.1) is 0 Å². The van der Waals surface area contributed by atoms with Gasteiger partial charge >= 0.3 is 0 Å². The summed E-state index contributed by atoms with van der Waals surface area (Å²) in [5.74, 6) is 0. The lowest BCUT2D eigenvalue weighted by Gasteiger charge is -2.03. The zero-order valence-corrected chi connectivity index (χ0v) is 7.02. The van der Waals surface area contributed by atoms with Gasteiger partial charge in [-0.15, -0.1) is 0 Å². The first-order chi connectivity index (χ1) is 4.63. The molecule has 0 rings (SSSR count). The fraction of sp³-hybridized carbons (Fsp3) is 0.750. The Morgan fingerprint density at radius 1 is 1.60 bits per heavy atom. The summed E-state index contributed by atoms with van der Waals surface area (Å²) in [4.78, 5) is 0. The predicted molar refractivity (Wildman–Crippen MR) is 44.0 cm³/mol. The van der Waals surface area contributed by atoms with E-state index in [4.69, 9.17) is 5.11 Å². The molecule has 0 aliphatic heterocycles. The van der Waals surface area contributed by atoms with E-state index in [1.807, 2.05) is 0 Å². The highest BCUT2D eigenvalue weighted by atomic mass is 16.3. The third kappa shape index (κ3) is 7.66. The first kappa shape index (κ1) is 9.66. The molecular formula is C8H17NO. The number of nitrogens with one attached hydrogen (secondary N) is 1. The molecule has 0 bridgehead atoms. The number of aliphatic hydroxyl groups is 1. The van der Waals surface area contributed by atoms with E-state index in [1.165, 1.54) is 5.57 Å². The van der Waals surface area contributed by atoms with Crippen molar-refractivity contribution in [2.45, 2.75) is 26.9 Å².